The molecule has 290 valence electrons. The lowest BCUT2D eigenvalue weighted by atomic mass is 9.96. The van der Waals surface area contributed by atoms with Crippen molar-refractivity contribution in [2.45, 2.75) is 131 Å². The molecular formula is C37H63N5O9. The Morgan fingerprint density at radius 1 is 0.784 bits per heavy atom. The van der Waals surface area contributed by atoms with Gasteiger partial charge in [0.1, 0.15) is 18.1 Å². The fourth-order valence-electron chi connectivity index (χ4n) is 5.15. The van der Waals surface area contributed by atoms with Gasteiger partial charge in [-0.2, -0.15) is 0 Å². The fourth-order valence-corrected chi connectivity index (χ4v) is 5.15. The summed E-state index contributed by atoms with van der Waals surface area (Å²) in [6.45, 7) is 13.1. The number of aliphatic carboxylic acids is 1. The molecule has 5 amide bonds. The fraction of sp³-hybridized carbons (Fsp3) is 0.676. The van der Waals surface area contributed by atoms with Crippen LogP contribution < -0.4 is 26.6 Å². The normalized spacial score (nSPS) is 14.5. The molecule has 0 saturated carbocycles. The summed E-state index contributed by atoms with van der Waals surface area (Å²) >= 11 is 0. The van der Waals surface area contributed by atoms with Crippen molar-refractivity contribution in [1.82, 2.24) is 26.6 Å². The molecule has 1 aromatic rings. The molecule has 6 atom stereocenters. The Kier molecular flexibility index (Phi) is 23.0. The van der Waals surface area contributed by atoms with Crippen LogP contribution in [0.15, 0.2) is 30.3 Å². The quantitative estimate of drug-likeness (QED) is 0.0835. The lowest BCUT2D eigenvalue weighted by Crippen LogP contribution is -2.59. The number of carbonyl (C=O) groups excluding carboxylic acids is 5. The zero-order chi connectivity index (χ0) is 37.8. The first-order chi connectivity index (χ1) is 23.6. The maximum absolute atomic E-state index is 13.8. The molecule has 1 rings (SSSR count). The van der Waals surface area contributed by atoms with Crippen molar-refractivity contribution in [2.75, 3.05) is 13.2 Å². The minimum Gasteiger partial charge on any atom is -0.481 e. The van der Waals surface area contributed by atoms with Crippen LogP contribution in [0.2, 0.25) is 0 Å². The first-order valence-electron chi connectivity index (χ1n) is 17.6. The largest absolute Gasteiger partial charge is 0.481 e. The lowest BCUT2D eigenvalue weighted by Gasteiger charge is -2.30. The van der Waals surface area contributed by atoms with E-state index in [0.29, 0.717) is 19.4 Å². The summed E-state index contributed by atoms with van der Waals surface area (Å²) in [6.07, 6.45) is -1.04. The Balaban J connectivity index is 0.0000250. The van der Waals surface area contributed by atoms with Gasteiger partial charge in [-0.3, -0.25) is 28.8 Å². The van der Waals surface area contributed by atoms with Crippen LogP contribution in [0.4, 0.5) is 0 Å². The van der Waals surface area contributed by atoms with Gasteiger partial charge in [0.05, 0.1) is 31.8 Å². The topological polar surface area (TPSA) is 212 Å². The second-order valence-corrected chi connectivity index (χ2v) is 13.4. The molecule has 14 heteroatoms. The third kappa shape index (κ3) is 18.7. The number of ether oxygens (including phenoxy) is 1. The number of hydrogen-bond donors (Lipinski definition) is 7. The number of benzene rings is 1. The second kappa shape index (κ2) is 25.0. The van der Waals surface area contributed by atoms with Crippen LogP contribution >= 0.6 is 0 Å². The van der Waals surface area contributed by atoms with Gasteiger partial charge in [-0.15, -0.1) is 0 Å². The zero-order valence-electron chi connectivity index (χ0n) is 30.6. The molecule has 51 heavy (non-hydrogen) atoms. The van der Waals surface area contributed by atoms with Gasteiger partial charge in [-0.05, 0) is 43.1 Å². The van der Waals surface area contributed by atoms with Crippen molar-refractivity contribution in [3.63, 3.8) is 0 Å². The highest BCUT2D eigenvalue weighted by molar-refractivity contribution is 5.92. The zero-order valence-corrected chi connectivity index (χ0v) is 30.6. The highest BCUT2D eigenvalue weighted by atomic mass is 16.5. The van der Waals surface area contributed by atoms with Crippen LogP contribution in [-0.4, -0.2) is 89.1 Å². The van der Waals surface area contributed by atoms with Gasteiger partial charge in [-0.25, -0.2) is 0 Å². The van der Waals surface area contributed by atoms with Crippen molar-refractivity contribution in [3.05, 3.63) is 35.9 Å². The number of amides is 5. The van der Waals surface area contributed by atoms with E-state index >= 15 is 0 Å². The monoisotopic (exact) mass is 721 g/mol. The van der Waals surface area contributed by atoms with Crippen LogP contribution in [0.3, 0.4) is 0 Å². The molecule has 0 bridgehead atoms. The third-order valence-electron chi connectivity index (χ3n) is 8.16. The van der Waals surface area contributed by atoms with Crippen LogP contribution in [0, 0.1) is 17.8 Å². The van der Waals surface area contributed by atoms with E-state index < -0.39 is 59.9 Å². The van der Waals surface area contributed by atoms with E-state index in [-0.39, 0.29) is 70.0 Å². The van der Waals surface area contributed by atoms with E-state index in [2.05, 4.69) is 26.6 Å². The van der Waals surface area contributed by atoms with E-state index in [1.54, 1.807) is 27.7 Å². The predicted molar refractivity (Wildman–Crippen MR) is 195 cm³/mol. The van der Waals surface area contributed by atoms with E-state index in [9.17, 15) is 33.9 Å². The Hall–Kier alpha value is -4.04. The number of hydrogen-bond acceptors (Lipinski definition) is 8. The molecule has 0 saturated heterocycles. The number of aliphatic hydroxyl groups is 1. The van der Waals surface area contributed by atoms with Crippen molar-refractivity contribution in [3.8, 4) is 0 Å². The standard InChI is InChI=1S/C36H59N5O9.CH4/c1-8-24(7)33(40-29(43)16-13-17-31(45)46)36(49)39-27(21-50-20-25-14-11-10-12-15-25)34(47)38-26(18-22(3)4)28(42)19-30(44)41-32(23(5)6)35(48)37-9-2;/h10-12,14-15,22-24,26-28,32-33,42H,8-9,13,16-21H2,1-7H3,(H,37,48)(H,38,47)(H,39,49)(H,40,43)(H,41,44)(H,45,46);1H4/t24-,26-,27-,28-,32-,33-;/m0./s1. The summed E-state index contributed by atoms with van der Waals surface area (Å²) in [6, 6.07) is 5.30. The minimum atomic E-state index is -1.32. The van der Waals surface area contributed by atoms with Crippen molar-refractivity contribution in [1.29, 1.82) is 0 Å². The molecular weight excluding hydrogens is 658 g/mol. The van der Waals surface area contributed by atoms with Gasteiger partial charge >= 0.3 is 5.97 Å². The van der Waals surface area contributed by atoms with Gasteiger partial charge in [0.25, 0.3) is 0 Å². The Morgan fingerprint density at radius 2 is 1.41 bits per heavy atom. The maximum atomic E-state index is 13.8. The molecule has 0 fully saturated rings. The average molecular weight is 722 g/mol. The third-order valence-corrected chi connectivity index (χ3v) is 8.16. The Bertz CT molecular complexity index is 1230. The molecule has 0 aliphatic heterocycles. The van der Waals surface area contributed by atoms with E-state index in [1.165, 1.54) is 0 Å². The van der Waals surface area contributed by atoms with Gasteiger partial charge in [0.15, 0.2) is 0 Å². The molecule has 0 aliphatic rings. The molecule has 0 heterocycles. The highest BCUT2D eigenvalue weighted by Gasteiger charge is 2.33. The number of carbonyl (C=O) groups is 6. The first kappa shape index (κ1) is 47.0. The Morgan fingerprint density at radius 3 is 1.96 bits per heavy atom. The SMILES string of the molecule is C.CCNC(=O)[C@@H](NC(=O)C[C@H](O)[C@H](CC(C)C)NC(=O)[C@H](COCc1ccccc1)NC(=O)[C@@H](NC(=O)CCCC(=O)O)[C@@H](C)CC)C(C)C. The Labute approximate surface area is 303 Å². The first-order valence-corrected chi connectivity index (χ1v) is 17.6. The smallest absolute Gasteiger partial charge is 0.303 e. The van der Waals surface area contributed by atoms with Gasteiger partial charge in [0, 0.05) is 19.4 Å². The number of carboxylic acids is 1. The summed E-state index contributed by atoms with van der Waals surface area (Å²) < 4.78 is 5.84. The van der Waals surface area contributed by atoms with Gasteiger partial charge in [-0.1, -0.05) is 85.7 Å². The van der Waals surface area contributed by atoms with Crippen molar-refractivity contribution in [2.24, 2.45) is 17.8 Å². The van der Waals surface area contributed by atoms with E-state index in [0.717, 1.165) is 5.56 Å². The van der Waals surface area contributed by atoms with Crippen LogP contribution in [0.5, 0.6) is 0 Å². The number of aliphatic hydroxyl groups excluding tert-OH is 1. The summed E-state index contributed by atoms with van der Waals surface area (Å²) in [5.41, 5.74) is 0.843. The molecule has 0 spiro atoms. The summed E-state index contributed by atoms with van der Waals surface area (Å²) in [4.78, 5) is 76.4. The van der Waals surface area contributed by atoms with Crippen LogP contribution in [0.25, 0.3) is 0 Å². The molecule has 0 aromatic heterocycles. The summed E-state index contributed by atoms with van der Waals surface area (Å²) in [7, 11) is 0. The summed E-state index contributed by atoms with van der Waals surface area (Å²) in [5.74, 6) is -4.22. The highest BCUT2D eigenvalue weighted by Crippen LogP contribution is 2.14. The molecule has 1 aromatic carbocycles. The second-order valence-electron chi connectivity index (χ2n) is 13.4. The summed E-state index contributed by atoms with van der Waals surface area (Å²) in [5, 5.41) is 33.7. The number of rotatable bonds is 24. The number of likely N-dealkylation sites (N-methyl/N-ethyl adjacent to an activating group) is 1. The lowest BCUT2D eigenvalue weighted by molar-refractivity contribution is -0.137. The average Bonchev–Trinajstić information content (AvgIpc) is 3.04. The van der Waals surface area contributed by atoms with Crippen molar-refractivity contribution >= 4 is 35.5 Å². The molecule has 7 N–H and O–H groups in total. The molecule has 14 nitrogen and oxygen atoms in total. The molecule has 0 radical (unpaired) electrons. The predicted octanol–water partition coefficient (Wildman–Crippen LogP) is 2.67. The van der Waals surface area contributed by atoms with Crippen molar-refractivity contribution < 1.29 is 43.7 Å². The van der Waals surface area contributed by atoms with Crippen LogP contribution in [-0.2, 0) is 40.1 Å². The van der Waals surface area contributed by atoms with Gasteiger partial charge < -0.3 is 41.5 Å². The number of nitrogens with one attached hydrogen (secondary N) is 5. The van der Waals surface area contributed by atoms with Gasteiger partial charge in [0.2, 0.25) is 29.5 Å². The van der Waals surface area contributed by atoms with E-state index in [1.807, 2.05) is 51.1 Å². The molecule has 0 unspecified atom stereocenters. The molecule has 0 aliphatic carbocycles. The van der Waals surface area contributed by atoms with Crippen LogP contribution in [0.1, 0.15) is 100.0 Å². The minimum absolute atomic E-state index is 0. The number of carboxylic acid groups (broad SMARTS) is 1. The maximum Gasteiger partial charge on any atom is 0.303 e. The van der Waals surface area contributed by atoms with E-state index in [4.69, 9.17) is 9.84 Å².